The molecular weight excluding hydrogens is 454 g/mol. The zero-order valence-corrected chi connectivity index (χ0v) is 18.9. The topological polar surface area (TPSA) is 72.7 Å². The van der Waals surface area contributed by atoms with Crippen molar-refractivity contribution in [1.29, 1.82) is 0 Å². The Morgan fingerprint density at radius 1 is 1.23 bits per heavy atom. The first-order chi connectivity index (χ1) is 15.0. The molecule has 4 rings (SSSR count). The molecule has 2 aromatic heterocycles. The minimum absolute atomic E-state index is 0.0855. The van der Waals surface area contributed by atoms with Crippen LogP contribution in [-0.2, 0) is 10.5 Å². The summed E-state index contributed by atoms with van der Waals surface area (Å²) in [5.74, 6) is 0.671. The fourth-order valence-corrected chi connectivity index (χ4v) is 4.90. The summed E-state index contributed by atoms with van der Waals surface area (Å²) in [7, 11) is 0. The number of rotatable bonds is 7. The Labute approximate surface area is 191 Å². The smallest absolute Gasteiger partial charge is 0.262 e. The van der Waals surface area contributed by atoms with E-state index in [9.17, 15) is 9.59 Å². The van der Waals surface area contributed by atoms with Gasteiger partial charge in [0.15, 0.2) is 11.6 Å². The lowest BCUT2D eigenvalue weighted by molar-refractivity contribution is -0.118. The number of nitrogens with one attached hydrogen (secondary N) is 1. The van der Waals surface area contributed by atoms with Crippen molar-refractivity contribution in [1.82, 2.24) is 9.38 Å². The predicted octanol–water partition coefficient (Wildman–Crippen LogP) is 5.03. The van der Waals surface area contributed by atoms with Gasteiger partial charge in [-0.1, -0.05) is 35.9 Å². The molecule has 9 heteroatoms. The number of thiazole rings is 1. The summed E-state index contributed by atoms with van der Waals surface area (Å²) in [5.41, 5.74) is 2.16. The van der Waals surface area contributed by atoms with Crippen molar-refractivity contribution in [3.63, 3.8) is 0 Å². The summed E-state index contributed by atoms with van der Waals surface area (Å²) in [5, 5.41) is 5.23. The number of hydrogen-bond donors (Lipinski definition) is 1. The van der Waals surface area contributed by atoms with Gasteiger partial charge >= 0.3 is 0 Å². The van der Waals surface area contributed by atoms with E-state index in [0.717, 1.165) is 10.6 Å². The van der Waals surface area contributed by atoms with E-state index in [1.54, 1.807) is 34.7 Å². The monoisotopic (exact) mass is 471 g/mol. The third-order valence-corrected chi connectivity index (χ3v) is 6.72. The number of benzene rings is 2. The molecule has 1 N–H and O–H groups in total. The molecule has 2 heterocycles. The number of hydrogen-bond acceptors (Lipinski definition) is 6. The highest BCUT2D eigenvalue weighted by molar-refractivity contribution is 7.98. The first kappa shape index (κ1) is 21.4. The van der Waals surface area contributed by atoms with Crippen molar-refractivity contribution in [3.8, 4) is 5.75 Å². The van der Waals surface area contributed by atoms with Gasteiger partial charge in [-0.25, -0.2) is 4.98 Å². The maximum Gasteiger partial charge on any atom is 0.262 e. The van der Waals surface area contributed by atoms with Gasteiger partial charge in [0.2, 0.25) is 0 Å². The van der Waals surface area contributed by atoms with Crippen molar-refractivity contribution >= 4 is 51.3 Å². The molecule has 0 atom stereocenters. The summed E-state index contributed by atoms with van der Waals surface area (Å²) in [6, 6.07) is 16.0. The molecule has 0 radical (unpaired) electrons. The Morgan fingerprint density at radius 2 is 2.00 bits per heavy atom. The van der Waals surface area contributed by atoms with E-state index in [1.165, 1.54) is 23.1 Å². The Kier molecular flexibility index (Phi) is 6.60. The number of fused-ring (bicyclic) bond motifs is 1. The molecule has 0 aliphatic heterocycles. The van der Waals surface area contributed by atoms with E-state index in [4.69, 9.17) is 16.3 Å². The highest BCUT2D eigenvalue weighted by Crippen LogP contribution is 2.30. The summed E-state index contributed by atoms with van der Waals surface area (Å²) in [6.07, 6.45) is 0. The fourth-order valence-electron chi connectivity index (χ4n) is 2.91. The second kappa shape index (κ2) is 9.55. The minimum atomic E-state index is -0.292. The zero-order valence-electron chi connectivity index (χ0n) is 16.5. The molecule has 0 saturated carbocycles. The van der Waals surface area contributed by atoms with Crippen LogP contribution in [0.1, 0.15) is 11.4 Å². The average molecular weight is 472 g/mol. The van der Waals surface area contributed by atoms with Crippen molar-refractivity contribution in [3.05, 3.63) is 86.7 Å². The Morgan fingerprint density at radius 3 is 2.84 bits per heavy atom. The highest BCUT2D eigenvalue weighted by Gasteiger charge is 2.11. The second-order valence-corrected chi connectivity index (χ2v) is 8.89. The Bertz CT molecular complexity index is 1300. The van der Waals surface area contributed by atoms with Crippen LogP contribution in [-0.4, -0.2) is 21.9 Å². The van der Waals surface area contributed by atoms with E-state index in [1.807, 2.05) is 36.6 Å². The van der Waals surface area contributed by atoms with Crippen LogP contribution in [0.5, 0.6) is 5.75 Å². The van der Waals surface area contributed by atoms with Crippen LogP contribution >= 0.6 is 34.7 Å². The molecule has 4 aromatic rings. The number of carbonyl (C=O) groups excluding carboxylic acids is 1. The van der Waals surface area contributed by atoms with E-state index in [0.29, 0.717) is 32.9 Å². The van der Waals surface area contributed by atoms with Crippen LogP contribution in [0.3, 0.4) is 0 Å². The van der Waals surface area contributed by atoms with Crippen LogP contribution < -0.4 is 15.6 Å². The molecule has 1 amide bonds. The van der Waals surface area contributed by atoms with Crippen LogP contribution in [0.2, 0.25) is 5.02 Å². The van der Waals surface area contributed by atoms with E-state index in [2.05, 4.69) is 10.3 Å². The SMILES string of the molecule is Cc1csc2nc(CSc3ccccc3NC(=O)COc3ccccc3Cl)cc(=O)n12. The number of amides is 1. The van der Waals surface area contributed by atoms with Crippen molar-refractivity contribution < 1.29 is 9.53 Å². The number of para-hydroxylation sites is 2. The third-order valence-electron chi connectivity index (χ3n) is 4.36. The molecule has 0 spiro atoms. The number of nitrogens with zero attached hydrogens (tertiary/aromatic N) is 2. The standard InChI is InChI=1S/C22H18ClN3O3S2/c1-14-12-31-22-24-15(10-21(28)26(14)22)13-30-19-9-5-3-7-17(19)25-20(27)11-29-18-8-4-2-6-16(18)23/h2-10,12H,11,13H2,1H3,(H,25,27). The number of aromatic nitrogens is 2. The predicted molar refractivity (Wildman–Crippen MR) is 126 cm³/mol. The zero-order chi connectivity index (χ0) is 21.8. The van der Waals surface area contributed by atoms with Gasteiger partial charge in [-0.3, -0.25) is 14.0 Å². The Balaban J connectivity index is 1.42. The number of anilines is 1. The normalized spacial score (nSPS) is 10.9. The van der Waals surface area contributed by atoms with Gasteiger partial charge in [0.25, 0.3) is 11.5 Å². The molecule has 0 saturated heterocycles. The van der Waals surface area contributed by atoms with Gasteiger partial charge in [-0.05, 0) is 31.2 Å². The lowest BCUT2D eigenvalue weighted by Gasteiger charge is -2.12. The molecule has 158 valence electrons. The van der Waals surface area contributed by atoms with Gasteiger partial charge in [-0.15, -0.1) is 23.1 Å². The molecule has 2 aromatic carbocycles. The summed E-state index contributed by atoms with van der Waals surface area (Å²) in [4.78, 5) is 30.9. The van der Waals surface area contributed by atoms with Gasteiger partial charge in [0, 0.05) is 27.8 Å². The molecule has 0 fully saturated rings. The number of ether oxygens (including phenoxy) is 1. The molecular formula is C22H18ClN3O3S2. The third kappa shape index (κ3) is 5.10. The minimum Gasteiger partial charge on any atom is -0.482 e. The lowest BCUT2D eigenvalue weighted by atomic mass is 10.3. The van der Waals surface area contributed by atoms with Crippen molar-refractivity contribution in [2.45, 2.75) is 17.6 Å². The van der Waals surface area contributed by atoms with Crippen molar-refractivity contribution in [2.75, 3.05) is 11.9 Å². The van der Waals surface area contributed by atoms with Gasteiger partial charge in [-0.2, -0.15) is 0 Å². The number of aryl methyl sites for hydroxylation is 1. The summed E-state index contributed by atoms with van der Waals surface area (Å²) >= 11 is 9.00. The molecule has 0 bridgehead atoms. The first-order valence-corrected chi connectivity index (χ1v) is 11.6. The number of halogens is 1. The van der Waals surface area contributed by atoms with E-state index < -0.39 is 0 Å². The van der Waals surface area contributed by atoms with E-state index >= 15 is 0 Å². The highest BCUT2D eigenvalue weighted by atomic mass is 35.5. The van der Waals surface area contributed by atoms with Crippen LogP contribution in [0.25, 0.3) is 4.96 Å². The average Bonchev–Trinajstić information content (AvgIpc) is 3.14. The van der Waals surface area contributed by atoms with Gasteiger partial charge in [0.05, 0.1) is 16.4 Å². The summed E-state index contributed by atoms with van der Waals surface area (Å²) in [6.45, 7) is 1.73. The largest absolute Gasteiger partial charge is 0.482 e. The number of thioether (sulfide) groups is 1. The van der Waals surface area contributed by atoms with Crippen molar-refractivity contribution in [2.24, 2.45) is 0 Å². The second-order valence-electron chi connectivity index (χ2n) is 6.63. The van der Waals surface area contributed by atoms with Crippen LogP contribution in [0, 0.1) is 6.92 Å². The maximum atomic E-state index is 12.4. The van der Waals surface area contributed by atoms with Gasteiger partial charge < -0.3 is 10.1 Å². The molecule has 31 heavy (non-hydrogen) atoms. The van der Waals surface area contributed by atoms with Crippen LogP contribution in [0.4, 0.5) is 5.69 Å². The molecule has 0 aliphatic carbocycles. The summed E-state index contributed by atoms with van der Waals surface area (Å²) < 4.78 is 7.10. The number of carbonyl (C=O) groups is 1. The fraction of sp³-hybridized carbons (Fsp3) is 0.136. The van der Waals surface area contributed by atoms with Crippen LogP contribution in [0.15, 0.2) is 69.7 Å². The maximum absolute atomic E-state index is 12.4. The Hall–Kier alpha value is -2.81. The van der Waals surface area contributed by atoms with Gasteiger partial charge in [0.1, 0.15) is 5.75 Å². The molecule has 0 unspecified atom stereocenters. The lowest BCUT2D eigenvalue weighted by Crippen LogP contribution is -2.20. The molecule has 0 aliphatic rings. The van der Waals surface area contributed by atoms with E-state index in [-0.39, 0.29) is 18.1 Å². The first-order valence-electron chi connectivity index (χ1n) is 9.37. The molecule has 6 nitrogen and oxygen atoms in total. The quantitative estimate of drug-likeness (QED) is 0.383.